The predicted octanol–water partition coefficient (Wildman–Crippen LogP) is 1.54. The number of hydrogen-bond acceptors (Lipinski definition) is 5. The molecule has 0 aliphatic carbocycles. The van der Waals surface area contributed by atoms with Gasteiger partial charge in [-0.05, 0) is 44.2 Å². The zero-order valence-corrected chi connectivity index (χ0v) is 15.3. The molecule has 0 aliphatic rings. The van der Waals surface area contributed by atoms with Gasteiger partial charge in [0.25, 0.3) is 5.56 Å². The van der Waals surface area contributed by atoms with Crippen molar-refractivity contribution in [1.82, 2.24) is 9.29 Å². The first-order valence-electron chi connectivity index (χ1n) is 7.85. The molecule has 0 unspecified atom stereocenters. The molecule has 25 heavy (non-hydrogen) atoms. The van der Waals surface area contributed by atoms with Crippen LogP contribution in [0.5, 0.6) is 11.5 Å². The summed E-state index contributed by atoms with van der Waals surface area (Å²) in [5.41, 5.74) is 0.460. The molecule has 7 nitrogen and oxygen atoms in total. The lowest BCUT2D eigenvalue weighted by Gasteiger charge is -2.12. The summed E-state index contributed by atoms with van der Waals surface area (Å²) in [6.45, 7) is 4.47. The molecule has 0 atom stereocenters. The molecule has 1 N–H and O–H groups in total. The van der Waals surface area contributed by atoms with Gasteiger partial charge in [0.1, 0.15) is 11.5 Å². The molecule has 0 spiro atoms. The largest absolute Gasteiger partial charge is 0.496 e. The zero-order chi connectivity index (χ0) is 18.4. The van der Waals surface area contributed by atoms with Crippen molar-refractivity contribution in [1.29, 1.82) is 0 Å². The van der Waals surface area contributed by atoms with Gasteiger partial charge in [0, 0.05) is 24.8 Å². The number of aryl methyl sites for hydroxylation is 1. The van der Waals surface area contributed by atoms with Crippen LogP contribution in [0.1, 0.15) is 12.6 Å². The molecular weight excluding hydrogens is 344 g/mol. The molecule has 0 radical (unpaired) electrons. The molecule has 1 aromatic carbocycles. The highest BCUT2D eigenvalue weighted by atomic mass is 32.2. The Kier molecular flexibility index (Phi) is 6.22. The Bertz CT molecular complexity index is 873. The molecule has 136 valence electrons. The van der Waals surface area contributed by atoms with Crippen molar-refractivity contribution in [2.24, 2.45) is 0 Å². The van der Waals surface area contributed by atoms with Crippen LogP contribution in [0.3, 0.4) is 0 Å². The van der Waals surface area contributed by atoms with Crippen LogP contribution in [-0.2, 0) is 16.6 Å². The molecule has 1 heterocycles. The van der Waals surface area contributed by atoms with Gasteiger partial charge in [0.2, 0.25) is 10.0 Å². The van der Waals surface area contributed by atoms with E-state index in [4.69, 9.17) is 9.47 Å². The number of nitrogens with zero attached hydrogens (tertiary/aromatic N) is 1. The van der Waals surface area contributed by atoms with Crippen LogP contribution in [-0.4, -0.2) is 33.2 Å². The molecule has 1 aromatic heterocycles. The van der Waals surface area contributed by atoms with Gasteiger partial charge >= 0.3 is 0 Å². The summed E-state index contributed by atoms with van der Waals surface area (Å²) in [6.07, 6.45) is 0. The van der Waals surface area contributed by atoms with Crippen molar-refractivity contribution in [3.63, 3.8) is 0 Å². The van der Waals surface area contributed by atoms with Gasteiger partial charge in [-0.15, -0.1) is 0 Å². The van der Waals surface area contributed by atoms with Crippen LogP contribution < -0.4 is 19.8 Å². The summed E-state index contributed by atoms with van der Waals surface area (Å²) in [4.78, 5) is 12.2. The van der Waals surface area contributed by atoms with E-state index in [2.05, 4.69) is 4.72 Å². The molecule has 0 fully saturated rings. The normalized spacial score (nSPS) is 11.3. The van der Waals surface area contributed by atoms with Gasteiger partial charge in [-0.2, -0.15) is 0 Å². The first kappa shape index (κ1) is 19.0. The lowest BCUT2D eigenvalue weighted by atomic mass is 10.3. The maximum Gasteiger partial charge on any atom is 0.254 e. The summed E-state index contributed by atoms with van der Waals surface area (Å²) in [6, 6.07) is 9.28. The monoisotopic (exact) mass is 366 g/mol. The summed E-state index contributed by atoms with van der Waals surface area (Å²) < 4.78 is 38.9. The van der Waals surface area contributed by atoms with Crippen LogP contribution >= 0.6 is 0 Å². The third-order valence-corrected chi connectivity index (χ3v) is 5.09. The Hall–Kier alpha value is -2.32. The number of rotatable bonds is 8. The average Bonchev–Trinajstić information content (AvgIpc) is 2.58. The van der Waals surface area contributed by atoms with Gasteiger partial charge in [0.05, 0.1) is 18.6 Å². The lowest BCUT2D eigenvalue weighted by Crippen LogP contribution is -2.31. The molecule has 0 saturated heterocycles. The van der Waals surface area contributed by atoms with Crippen molar-refractivity contribution < 1.29 is 17.9 Å². The molecule has 8 heteroatoms. The Labute approximate surface area is 147 Å². The summed E-state index contributed by atoms with van der Waals surface area (Å²) in [7, 11) is -2.16. The minimum atomic E-state index is -3.65. The van der Waals surface area contributed by atoms with Gasteiger partial charge in [-0.3, -0.25) is 4.79 Å². The van der Waals surface area contributed by atoms with Crippen LogP contribution in [0.15, 0.2) is 46.1 Å². The summed E-state index contributed by atoms with van der Waals surface area (Å²) in [5, 5.41) is 0. The number of methoxy groups -OCH3 is 1. The zero-order valence-electron chi connectivity index (χ0n) is 14.5. The Morgan fingerprint density at radius 3 is 2.36 bits per heavy atom. The van der Waals surface area contributed by atoms with Crippen LogP contribution in [0.4, 0.5) is 0 Å². The third-order valence-electron chi connectivity index (χ3n) is 3.62. The fraction of sp³-hybridized carbons (Fsp3) is 0.353. The number of aromatic nitrogens is 1. The fourth-order valence-electron chi connectivity index (χ4n) is 2.36. The second-order valence-corrected chi connectivity index (χ2v) is 7.10. The van der Waals surface area contributed by atoms with E-state index in [9.17, 15) is 13.2 Å². The van der Waals surface area contributed by atoms with E-state index in [0.29, 0.717) is 23.8 Å². The Morgan fingerprint density at radius 1 is 1.12 bits per heavy atom. The standard InChI is InChI=1S/C17H22N2O5S/c1-4-24-14-5-7-16(8-6-14)25(21,22)18-9-10-19-13(2)11-15(23-3)12-17(19)20/h5-8,11-12,18H,4,9-10H2,1-3H3. The van der Waals surface area contributed by atoms with Crippen LogP contribution in [0.2, 0.25) is 0 Å². The van der Waals surface area contributed by atoms with Crippen molar-refractivity contribution >= 4 is 10.0 Å². The van der Waals surface area contributed by atoms with Gasteiger partial charge < -0.3 is 14.0 Å². The number of ether oxygens (including phenoxy) is 2. The summed E-state index contributed by atoms with van der Waals surface area (Å²) in [5.74, 6) is 1.09. The van der Waals surface area contributed by atoms with E-state index in [1.165, 1.54) is 29.9 Å². The highest BCUT2D eigenvalue weighted by molar-refractivity contribution is 7.89. The van der Waals surface area contributed by atoms with Gasteiger partial charge in [-0.1, -0.05) is 0 Å². The first-order valence-corrected chi connectivity index (χ1v) is 9.33. The van der Waals surface area contributed by atoms with Crippen molar-refractivity contribution in [3.05, 3.63) is 52.4 Å². The second kappa shape index (κ2) is 8.17. The van der Waals surface area contributed by atoms with E-state index in [-0.39, 0.29) is 23.5 Å². The summed E-state index contributed by atoms with van der Waals surface area (Å²) >= 11 is 0. The molecular formula is C17H22N2O5S. The molecule has 0 saturated carbocycles. The van der Waals surface area contributed by atoms with Crippen molar-refractivity contribution in [2.75, 3.05) is 20.3 Å². The quantitative estimate of drug-likeness (QED) is 0.766. The number of pyridine rings is 1. The molecule has 2 aromatic rings. The van der Waals surface area contributed by atoms with Crippen molar-refractivity contribution in [3.8, 4) is 11.5 Å². The lowest BCUT2D eigenvalue weighted by molar-refractivity contribution is 0.340. The smallest absolute Gasteiger partial charge is 0.254 e. The third kappa shape index (κ3) is 4.83. The number of nitrogens with one attached hydrogen (secondary N) is 1. The molecule has 2 rings (SSSR count). The average molecular weight is 366 g/mol. The highest BCUT2D eigenvalue weighted by Gasteiger charge is 2.14. The maximum atomic E-state index is 12.3. The van der Waals surface area contributed by atoms with Crippen LogP contribution in [0.25, 0.3) is 0 Å². The number of hydrogen-bond donors (Lipinski definition) is 1. The van der Waals surface area contributed by atoms with Gasteiger partial charge in [0.15, 0.2) is 0 Å². The van der Waals surface area contributed by atoms with Crippen molar-refractivity contribution in [2.45, 2.75) is 25.3 Å². The van der Waals surface area contributed by atoms with E-state index >= 15 is 0 Å². The minimum absolute atomic E-state index is 0.0998. The Balaban J connectivity index is 2.04. The highest BCUT2D eigenvalue weighted by Crippen LogP contribution is 2.15. The topological polar surface area (TPSA) is 86.6 Å². The SMILES string of the molecule is CCOc1ccc(S(=O)(=O)NCCn2c(C)cc(OC)cc2=O)cc1. The van der Waals surface area contributed by atoms with E-state index in [1.807, 2.05) is 6.92 Å². The fourth-order valence-corrected chi connectivity index (χ4v) is 3.38. The first-order chi connectivity index (χ1) is 11.9. The van der Waals surface area contributed by atoms with E-state index in [1.54, 1.807) is 25.1 Å². The maximum absolute atomic E-state index is 12.3. The second-order valence-electron chi connectivity index (χ2n) is 5.33. The minimum Gasteiger partial charge on any atom is -0.496 e. The van der Waals surface area contributed by atoms with E-state index < -0.39 is 10.0 Å². The van der Waals surface area contributed by atoms with Crippen LogP contribution in [0, 0.1) is 6.92 Å². The molecule has 0 amide bonds. The predicted molar refractivity (Wildman–Crippen MR) is 94.8 cm³/mol. The Morgan fingerprint density at radius 2 is 1.80 bits per heavy atom. The van der Waals surface area contributed by atoms with E-state index in [0.717, 1.165) is 0 Å². The number of sulfonamides is 1. The molecule has 0 bridgehead atoms. The van der Waals surface area contributed by atoms with Gasteiger partial charge in [-0.25, -0.2) is 13.1 Å². The number of benzene rings is 1. The molecule has 0 aliphatic heterocycles.